The van der Waals surface area contributed by atoms with Crippen molar-refractivity contribution < 1.29 is 0 Å². The van der Waals surface area contributed by atoms with Crippen LogP contribution in [-0.4, -0.2) is 6.54 Å². The Hall–Kier alpha value is -0.820. The predicted octanol–water partition coefficient (Wildman–Crippen LogP) is 3.17. The Balaban J connectivity index is 2.46. The Morgan fingerprint density at radius 1 is 1.14 bits per heavy atom. The van der Waals surface area contributed by atoms with Crippen LogP contribution in [0.3, 0.4) is 0 Å². The SMILES string of the molecule is CC(CCN)CC(C)c1ccccc1. The first kappa shape index (κ1) is 11.3. The first-order valence-electron chi connectivity index (χ1n) is 5.49. The zero-order valence-electron chi connectivity index (χ0n) is 9.24. The largest absolute Gasteiger partial charge is 0.330 e. The lowest BCUT2D eigenvalue weighted by Crippen LogP contribution is -2.08. The molecule has 0 fully saturated rings. The van der Waals surface area contributed by atoms with E-state index in [9.17, 15) is 0 Å². The van der Waals surface area contributed by atoms with Crippen molar-refractivity contribution in [2.45, 2.75) is 32.6 Å². The second kappa shape index (κ2) is 5.82. The topological polar surface area (TPSA) is 26.0 Å². The van der Waals surface area contributed by atoms with Crippen molar-refractivity contribution in [1.82, 2.24) is 0 Å². The van der Waals surface area contributed by atoms with Crippen molar-refractivity contribution in [1.29, 1.82) is 0 Å². The summed E-state index contributed by atoms with van der Waals surface area (Å²) in [5, 5.41) is 0. The van der Waals surface area contributed by atoms with Crippen LogP contribution < -0.4 is 5.73 Å². The summed E-state index contributed by atoms with van der Waals surface area (Å²) in [5.41, 5.74) is 6.98. The first-order chi connectivity index (χ1) is 6.74. The highest BCUT2D eigenvalue weighted by Gasteiger charge is 2.09. The van der Waals surface area contributed by atoms with Gasteiger partial charge in [-0.2, -0.15) is 0 Å². The minimum Gasteiger partial charge on any atom is -0.330 e. The zero-order valence-corrected chi connectivity index (χ0v) is 9.24. The van der Waals surface area contributed by atoms with Crippen molar-refractivity contribution >= 4 is 0 Å². The standard InChI is InChI=1S/C13H21N/c1-11(8-9-14)10-12(2)13-6-4-3-5-7-13/h3-7,11-12H,8-10,14H2,1-2H3. The molecule has 1 rings (SSSR count). The second-order valence-electron chi connectivity index (χ2n) is 4.23. The van der Waals surface area contributed by atoms with Gasteiger partial charge in [0.05, 0.1) is 0 Å². The summed E-state index contributed by atoms with van der Waals surface area (Å²) < 4.78 is 0. The lowest BCUT2D eigenvalue weighted by Gasteiger charge is -2.16. The fraction of sp³-hybridized carbons (Fsp3) is 0.538. The molecule has 78 valence electrons. The molecule has 0 radical (unpaired) electrons. The Morgan fingerprint density at radius 2 is 1.79 bits per heavy atom. The van der Waals surface area contributed by atoms with E-state index in [0.29, 0.717) is 5.92 Å². The molecule has 0 bridgehead atoms. The fourth-order valence-electron chi connectivity index (χ4n) is 1.92. The number of nitrogens with two attached hydrogens (primary N) is 1. The fourth-order valence-corrected chi connectivity index (χ4v) is 1.92. The molecule has 2 N–H and O–H groups in total. The van der Waals surface area contributed by atoms with Gasteiger partial charge in [-0.05, 0) is 36.8 Å². The van der Waals surface area contributed by atoms with Crippen molar-refractivity contribution in [3.05, 3.63) is 35.9 Å². The molecule has 0 amide bonds. The maximum Gasteiger partial charge on any atom is -0.00747 e. The lowest BCUT2D eigenvalue weighted by molar-refractivity contribution is 0.459. The molecular weight excluding hydrogens is 170 g/mol. The molecule has 0 aromatic heterocycles. The molecule has 1 aromatic carbocycles. The Kier molecular flexibility index (Phi) is 4.68. The molecule has 2 atom stereocenters. The molecular formula is C13H21N. The average molecular weight is 191 g/mol. The summed E-state index contributed by atoms with van der Waals surface area (Å²) in [5.74, 6) is 1.38. The van der Waals surface area contributed by atoms with Crippen LogP contribution >= 0.6 is 0 Å². The highest BCUT2D eigenvalue weighted by molar-refractivity contribution is 5.18. The van der Waals surface area contributed by atoms with Gasteiger partial charge in [-0.3, -0.25) is 0 Å². The van der Waals surface area contributed by atoms with E-state index in [1.807, 2.05) is 0 Å². The summed E-state index contributed by atoms with van der Waals surface area (Å²) in [4.78, 5) is 0. The van der Waals surface area contributed by atoms with Gasteiger partial charge >= 0.3 is 0 Å². The van der Waals surface area contributed by atoms with Crippen LogP contribution in [0.15, 0.2) is 30.3 Å². The third-order valence-corrected chi connectivity index (χ3v) is 2.78. The van der Waals surface area contributed by atoms with Crippen LogP contribution in [-0.2, 0) is 0 Å². The van der Waals surface area contributed by atoms with Crippen molar-refractivity contribution in [2.24, 2.45) is 11.7 Å². The highest BCUT2D eigenvalue weighted by Crippen LogP contribution is 2.24. The monoisotopic (exact) mass is 191 g/mol. The van der Waals surface area contributed by atoms with E-state index in [1.165, 1.54) is 12.0 Å². The van der Waals surface area contributed by atoms with E-state index in [-0.39, 0.29) is 0 Å². The van der Waals surface area contributed by atoms with Gasteiger partial charge in [-0.25, -0.2) is 0 Å². The maximum absolute atomic E-state index is 5.54. The van der Waals surface area contributed by atoms with Crippen molar-refractivity contribution in [3.63, 3.8) is 0 Å². The number of rotatable bonds is 5. The van der Waals surface area contributed by atoms with Gasteiger partial charge in [0.15, 0.2) is 0 Å². The lowest BCUT2D eigenvalue weighted by atomic mass is 9.90. The van der Waals surface area contributed by atoms with E-state index < -0.39 is 0 Å². The summed E-state index contributed by atoms with van der Waals surface area (Å²) in [7, 11) is 0. The van der Waals surface area contributed by atoms with Crippen LogP contribution in [0.25, 0.3) is 0 Å². The Morgan fingerprint density at radius 3 is 2.36 bits per heavy atom. The second-order valence-corrected chi connectivity index (χ2v) is 4.23. The summed E-state index contributed by atoms with van der Waals surface area (Å²) in [6.45, 7) is 5.39. The summed E-state index contributed by atoms with van der Waals surface area (Å²) >= 11 is 0. The average Bonchev–Trinajstić information content (AvgIpc) is 2.19. The molecule has 0 aliphatic heterocycles. The van der Waals surface area contributed by atoms with Gasteiger partial charge in [-0.1, -0.05) is 44.2 Å². The van der Waals surface area contributed by atoms with Crippen LogP contribution in [0.5, 0.6) is 0 Å². The van der Waals surface area contributed by atoms with Gasteiger partial charge in [0.1, 0.15) is 0 Å². The highest BCUT2D eigenvalue weighted by atomic mass is 14.5. The minimum absolute atomic E-state index is 0.651. The van der Waals surface area contributed by atoms with Gasteiger partial charge in [0.2, 0.25) is 0 Å². The molecule has 0 aliphatic carbocycles. The molecule has 0 saturated carbocycles. The van der Waals surface area contributed by atoms with E-state index >= 15 is 0 Å². The van der Waals surface area contributed by atoms with Crippen molar-refractivity contribution in [2.75, 3.05) is 6.54 Å². The summed E-state index contributed by atoms with van der Waals surface area (Å²) in [6.07, 6.45) is 2.37. The van der Waals surface area contributed by atoms with Gasteiger partial charge in [0, 0.05) is 0 Å². The molecule has 0 saturated heterocycles. The zero-order chi connectivity index (χ0) is 10.4. The maximum atomic E-state index is 5.54. The number of benzene rings is 1. The molecule has 1 aromatic rings. The van der Waals surface area contributed by atoms with Gasteiger partial charge < -0.3 is 5.73 Å². The first-order valence-corrected chi connectivity index (χ1v) is 5.49. The number of hydrogen-bond donors (Lipinski definition) is 1. The minimum atomic E-state index is 0.651. The Bertz CT molecular complexity index is 243. The third kappa shape index (κ3) is 3.51. The normalized spacial score (nSPS) is 15.1. The van der Waals surface area contributed by atoms with E-state index in [0.717, 1.165) is 18.9 Å². The molecule has 0 aliphatic rings. The summed E-state index contributed by atoms with van der Waals surface area (Å²) in [6, 6.07) is 10.7. The van der Waals surface area contributed by atoms with Crippen LogP contribution in [0, 0.1) is 5.92 Å². The van der Waals surface area contributed by atoms with Gasteiger partial charge in [-0.15, -0.1) is 0 Å². The molecule has 2 unspecified atom stereocenters. The number of hydrogen-bond acceptors (Lipinski definition) is 1. The molecule has 1 heteroatoms. The van der Waals surface area contributed by atoms with Gasteiger partial charge in [0.25, 0.3) is 0 Å². The third-order valence-electron chi connectivity index (χ3n) is 2.78. The quantitative estimate of drug-likeness (QED) is 0.760. The Labute approximate surface area is 87.3 Å². The van der Waals surface area contributed by atoms with E-state index in [1.54, 1.807) is 0 Å². The molecule has 14 heavy (non-hydrogen) atoms. The molecule has 0 heterocycles. The smallest absolute Gasteiger partial charge is 0.00747 e. The van der Waals surface area contributed by atoms with E-state index in [4.69, 9.17) is 5.73 Å². The predicted molar refractivity (Wildman–Crippen MR) is 62.3 cm³/mol. The van der Waals surface area contributed by atoms with E-state index in [2.05, 4.69) is 44.2 Å². The van der Waals surface area contributed by atoms with Crippen molar-refractivity contribution in [3.8, 4) is 0 Å². The molecule has 0 spiro atoms. The van der Waals surface area contributed by atoms with Crippen LogP contribution in [0.4, 0.5) is 0 Å². The van der Waals surface area contributed by atoms with Crippen LogP contribution in [0.1, 0.15) is 38.2 Å². The molecule has 1 nitrogen and oxygen atoms in total. The van der Waals surface area contributed by atoms with Crippen LogP contribution in [0.2, 0.25) is 0 Å².